The minimum Gasteiger partial charge on any atom is -0.388 e. The lowest BCUT2D eigenvalue weighted by molar-refractivity contribution is 0.149. The van der Waals surface area contributed by atoms with Gasteiger partial charge in [-0.2, -0.15) is 0 Å². The summed E-state index contributed by atoms with van der Waals surface area (Å²) in [5, 5.41) is 14.0. The maximum absolute atomic E-state index is 10.4. The summed E-state index contributed by atoms with van der Waals surface area (Å²) < 4.78 is 0. The molecule has 1 saturated heterocycles. The van der Waals surface area contributed by atoms with E-state index in [9.17, 15) is 5.11 Å². The van der Waals surface area contributed by atoms with E-state index in [1.165, 1.54) is 36.8 Å². The second-order valence-corrected chi connectivity index (χ2v) is 5.61. The van der Waals surface area contributed by atoms with Crippen molar-refractivity contribution in [1.82, 2.24) is 5.32 Å². The lowest BCUT2D eigenvalue weighted by Crippen LogP contribution is -2.30. The predicted molar refractivity (Wildman–Crippen MR) is 75.8 cm³/mol. The second-order valence-electron chi connectivity index (χ2n) is 5.61. The fourth-order valence-corrected chi connectivity index (χ4v) is 2.82. The van der Waals surface area contributed by atoms with E-state index >= 15 is 0 Å². The van der Waals surface area contributed by atoms with Crippen LogP contribution < -0.4 is 5.32 Å². The van der Waals surface area contributed by atoms with E-state index in [0.717, 1.165) is 18.5 Å². The van der Waals surface area contributed by atoms with Gasteiger partial charge in [-0.05, 0) is 50.8 Å². The van der Waals surface area contributed by atoms with Crippen LogP contribution in [0.3, 0.4) is 0 Å². The van der Waals surface area contributed by atoms with Gasteiger partial charge in [-0.3, -0.25) is 0 Å². The average molecular weight is 247 g/mol. The van der Waals surface area contributed by atoms with Crippen LogP contribution in [0, 0.1) is 13.8 Å². The Kier molecular flexibility index (Phi) is 4.79. The van der Waals surface area contributed by atoms with E-state index in [1.54, 1.807) is 0 Å². The molecule has 1 aliphatic rings. The molecule has 18 heavy (non-hydrogen) atoms. The van der Waals surface area contributed by atoms with Crippen molar-refractivity contribution < 1.29 is 5.11 Å². The number of rotatable bonds is 3. The number of aryl methyl sites for hydroxylation is 2. The van der Waals surface area contributed by atoms with Gasteiger partial charge >= 0.3 is 0 Å². The molecule has 0 aliphatic carbocycles. The molecule has 0 saturated carbocycles. The summed E-state index contributed by atoms with van der Waals surface area (Å²) in [4.78, 5) is 0. The maximum Gasteiger partial charge on any atom is 0.0807 e. The summed E-state index contributed by atoms with van der Waals surface area (Å²) in [5.74, 6) is 0. The first-order valence-electron chi connectivity index (χ1n) is 7.15. The van der Waals surface area contributed by atoms with Crippen molar-refractivity contribution in [2.45, 2.75) is 58.1 Å². The van der Waals surface area contributed by atoms with Gasteiger partial charge < -0.3 is 10.4 Å². The van der Waals surface area contributed by atoms with Gasteiger partial charge in [0.25, 0.3) is 0 Å². The van der Waals surface area contributed by atoms with Crippen LogP contribution in [-0.4, -0.2) is 17.7 Å². The predicted octanol–water partition coefficient (Wildman–Crippen LogP) is 3.26. The molecule has 100 valence electrons. The van der Waals surface area contributed by atoms with Gasteiger partial charge in [-0.15, -0.1) is 0 Å². The molecular formula is C16H25NO. The second kappa shape index (κ2) is 6.35. The van der Waals surface area contributed by atoms with Crippen molar-refractivity contribution in [3.8, 4) is 0 Å². The topological polar surface area (TPSA) is 32.3 Å². The molecular weight excluding hydrogens is 222 g/mol. The fourth-order valence-electron chi connectivity index (χ4n) is 2.82. The Morgan fingerprint density at radius 2 is 2.11 bits per heavy atom. The molecule has 2 rings (SSSR count). The minimum absolute atomic E-state index is 0.333. The third kappa shape index (κ3) is 3.56. The number of nitrogens with one attached hydrogen (secondary N) is 1. The Labute approximate surface area is 110 Å². The molecule has 0 amide bonds. The van der Waals surface area contributed by atoms with Crippen molar-refractivity contribution in [2.75, 3.05) is 6.54 Å². The van der Waals surface area contributed by atoms with Crippen LogP contribution in [-0.2, 0) is 0 Å². The lowest BCUT2D eigenvalue weighted by Gasteiger charge is -2.21. The van der Waals surface area contributed by atoms with Crippen molar-refractivity contribution in [1.29, 1.82) is 0 Å². The zero-order chi connectivity index (χ0) is 13.0. The van der Waals surface area contributed by atoms with Gasteiger partial charge in [0.2, 0.25) is 0 Å². The van der Waals surface area contributed by atoms with E-state index in [4.69, 9.17) is 0 Å². The zero-order valence-corrected chi connectivity index (χ0v) is 11.6. The van der Waals surface area contributed by atoms with Gasteiger partial charge in [0.1, 0.15) is 0 Å². The first kappa shape index (κ1) is 13.6. The monoisotopic (exact) mass is 247 g/mol. The molecule has 2 unspecified atom stereocenters. The van der Waals surface area contributed by atoms with E-state index in [-0.39, 0.29) is 6.10 Å². The van der Waals surface area contributed by atoms with Gasteiger partial charge in [0, 0.05) is 6.04 Å². The highest BCUT2D eigenvalue weighted by atomic mass is 16.3. The molecule has 2 atom stereocenters. The minimum atomic E-state index is -0.333. The van der Waals surface area contributed by atoms with E-state index in [0.29, 0.717) is 6.04 Å². The SMILES string of the molecule is Cc1ccc(C)c(C(O)CC2CCCCCN2)c1. The third-order valence-corrected chi connectivity index (χ3v) is 3.96. The third-order valence-electron chi connectivity index (χ3n) is 3.96. The molecule has 1 aromatic rings. The van der Waals surface area contributed by atoms with Crippen molar-refractivity contribution in [3.05, 3.63) is 34.9 Å². The Bertz CT molecular complexity index is 381. The molecule has 2 heteroatoms. The van der Waals surface area contributed by atoms with Gasteiger partial charge in [-0.1, -0.05) is 36.6 Å². The number of hydrogen-bond donors (Lipinski definition) is 2. The lowest BCUT2D eigenvalue weighted by atomic mass is 9.95. The number of aliphatic hydroxyl groups is 1. The molecule has 1 heterocycles. The van der Waals surface area contributed by atoms with Gasteiger partial charge in [0.15, 0.2) is 0 Å². The molecule has 0 bridgehead atoms. The largest absolute Gasteiger partial charge is 0.388 e. The zero-order valence-electron chi connectivity index (χ0n) is 11.6. The summed E-state index contributed by atoms with van der Waals surface area (Å²) in [6.45, 7) is 5.27. The normalized spacial score (nSPS) is 22.5. The van der Waals surface area contributed by atoms with E-state index in [2.05, 4.69) is 37.4 Å². The van der Waals surface area contributed by atoms with E-state index < -0.39 is 0 Å². The number of benzene rings is 1. The fraction of sp³-hybridized carbons (Fsp3) is 0.625. The van der Waals surface area contributed by atoms with Crippen LogP contribution in [0.15, 0.2) is 18.2 Å². The molecule has 0 radical (unpaired) electrons. The Morgan fingerprint density at radius 3 is 2.94 bits per heavy atom. The van der Waals surface area contributed by atoms with Crippen LogP contribution in [0.5, 0.6) is 0 Å². The molecule has 0 spiro atoms. The molecule has 1 fully saturated rings. The van der Waals surface area contributed by atoms with Crippen molar-refractivity contribution >= 4 is 0 Å². The van der Waals surface area contributed by atoms with Crippen LogP contribution in [0.2, 0.25) is 0 Å². The summed E-state index contributed by atoms with van der Waals surface area (Å²) in [6.07, 6.45) is 5.59. The molecule has 1 aliphatic heterocycles. The van der Waals surface area contributed by atoms with Crippen molar-refractivity contribution in [3.63, 3.8) is 0 Å². The van der Waals surface area contributed by atoms with Gasteiger partial charge in [0.05, 0.1) is 6.10 Å². The molecule has 1 aromatic carbocycles. The smallest absolute Gasteiger partial charge is 0.0807 e. The molecule has 0 aromatic heterocycles. The molecule has 2 nitrogen and oxygen atoms in total. The average Bonchev–Trinajstić information content (AvgIpc) is 2.61. The highest BCUT2D eigenvalue weighted by Gasteiger charge is 2.18. The maximum atomic E-state index is 10.4. The van der Waals surface area contributed by atoms with Crippen LogP contribution >= 0.6 is 0 Å². The van der Waals surface area contributed by atoms with E-state index in [1.807, 2.05) is 0 Å². The highest BCUT2D eigenvalue weighted by Crippen LogP contribution is 2.25. The van der Waals surface area contributed by atoms with Crippen LogP contribution in [0.25, 0.3) is 0 Å². The standard InChI is InChI=1S/C16H25NO/c1-12-7-8-13(2)15(10-12)16(18)11-14-6-4-3-5-9-17-14/h7-8,10,14,16-18H,3-6,9,11H2,1-2H3. The summed E-state index contributed by atoms with van der Waals surface area (Å²) in [6, 6.07) is 6.81. The highest BCUT2D eigenvalue weighted by molar-refractivity contribution is 5.32. The summed E-state index contributed by atoms with van der Waals surface area (Å²) in [5.41, 5.74) is 3.52. The first-order chi connectivity index (χ1) is 8.66. The Hall–Kier alpha value is -0.860. The van der Waals surface area contributed by atoms with Gasteiger partial charge in [-0.25, -0.2) is 0 Å². The first-order valence-corrected chi connectivity index (χ1v) is 7.15. The van der Waals surface area contributed by atoms with Crippen LogP contribution in [0.4, 0.5) is 0 Å². The number of aliphatic hydroxyl groups excluding tert-OH is 1. The summed E-state index contributed by atoms with van der Waals surface area (Å²) >= 11 is 0. The number of hydrogen-bond acceptors (Lipinski definition) is 2. The van der Waals surface area contributed by atoms with Crippen LogP contribution in [0.1, 0.15) is 54.9 Å². The Morgan fingerprint density at radius 1 is 1.28 bits per heavy atom. The quantitative estimate of drug-likeness (QED) is 0.859. The summed E-state index contributed by atoms with van der Waals surface area (Å²) in [7, 11) is 0. The van der Waals surface area contributed by atoms with Crippen molar-refractivity contribution in [2.24, 2.45) is 0 Å². The Balaban J connectivity index is 2.01. The molecule has 2 N–H and O–H groups in total.